The highest BCUT2D eigenvalue weighted by Crippen LogP contribution is 2.53. The summed E-state index contributed by atoms with van der Waals surface area (Å²) < 4.78 is 5.69. The molecule has 16 heavy (non-hydrogen) atoms. The van der Waals surface area contributed by atoms with Crippen LogP contribution in [0.4, 0.5) is 0 Å². The van der Waals surface area contributed by atoms with Crippen LogP contribution in [0.25, 0.3) is 0 Å². The van der Waals surface area contributed by atoms with Crippen molar-refractivity contribution in [1.82, 2.24) is 0 Å². The molecular weight excluding hydrogens is 196 g/mol. The van der Waals surface area contributed by atoms with Gasteiger partial charge in [0.05, 0.1) is 0 Å². The molecule has 3 aliphatic carbocycles. The average Bonchev–Trinajstić information content (AvgIpc) is 2.26. The number of rotatable bonds is 4. The minimum absolute atomic E-state index is 0.863. The second-order valence-electron chi connectivity index (χ2n) is 6.44. The summed E-state index contributed by atoms with van der Waals surface area (Å²) in [5, 5.41) is 0. The van der Waals surface area contributed by atoms with Gasteiger partial charge in [-0.3, -0.25) is 0 Å². The van der Waals surface area contributed by atoms with Crippen LogP contribution in [0.15, 0.2) is 0 Å². The van der Waals surface area contributed by atoms with E-state index in [-0.39, 0.29) is 0 Å². The summed E-state index contributed by atoms with van der Waals surface area (Å²) in [6.45, 7) is 11.3. The van der Waals surface area contributed by atoms with E-state index in [4.69, 9.17) is 4.74 Å². The van der Waals surface area contributed by atoms with Crippen LogP contribution in [0.5, 0.6) is 0 Å². The molecule has 0 radical (unpaired) electrons. The van der Waals surface area contributed by atoms with Crippen molar-refractivity contribution in [3.8, 4) is 0 Å². The maximum absolute atomic E-state index is 5.69. The Kier molecular flexibility index (Phi) is 3.94. The third kappa shape index (κ3) is 2.30. The fraction of sp³-hybridized carbons (Fsp3) is 1.00. The highest BCUT2D eigenvalue weighted by atomic mass is 16.5. The summed E-state index contributed by atoms with van der Waals surface area (Å²) >= 11 is 0. The minimum atomic E-state index is 0.863. The van der Waals surface area contributed by atoms with Crippen LogP contribution in [0, 0.1) is 35.5 Å². The van der Waals surface area contributed by atoms with Gasteiger partial charge in [0.2, 0.25) is 0 Å². The van der Waals surface area contributed by atoms with Gasteiger partial charge in [-0.05, 0) is 61.7 Å². The summed E-state index contributed by atoms with van der Waals surface area (Å²) in [6, 6.07) is 0. The Bertz CT molecular complexity index is 223. The van der Waals surface area contributed by atoms with Gasteiger partial charge in [0.15, 0.2) is 0 Å². The van der Waals surface area contributed by atoms with Gasteiger partial charge in [0.1, 0.15) is 0 Å². The second-order valence-corrected chi connectivity index (χ2v) is 6.44. The van der Waals surface area contributed by atoms with Gasteiger partial charge in [0, 0.05) is 13.2 Å². The minimum Gasteiger partial charge on any atom is -0.381 e. The summed E-state index contributed by atoms with van der Waals surface area (Å²) in [5.74, 6) is 5.61. The zero-order valence-corrected chi connectivity index (χ0v) is 11.4. The first-order valence-corrected chi connectivity index (χ1v) is 7.21. The quantitative estimate of drug-likeness (QED) is 0.702. The predicted octanol–water partition coefficient (Wildman–Crippen LogP) is 3.98. The van der Waals surface area contributed by atoms with Crippen LogP contribution < -0.4 is 0 Å². The van der Waals surface area contributed by atoms with Gasteiger partial charge in [-0.25, -0.2) is 0 Å². The van der Waals surface area contributed by atoms with E-state index in [1.807, 2.05) is 0 Å². The topological polar surface area (TPSA) is 9.23 Å². The molecule has 0 N–H and O–H groups in total. The van der Waals surface area contributed by atoms with E-state index in [9.17, 15) is 0 Å². The highest BCUT2D eigenvalue weighted by Gasteiger charge is 2.45. The predicted molar refractivity (Wildman–Crippen MR) is 68.3 cm³/mol. The van der Waals surface area contributed by atoms with Crippen molar-refractivity contribution in [3.05, 3.63) is 0 Å². The molecule has 3 saturated carbocycles. The molecule has 0 spiro atoms. The monoisotopic (exact) mass is 224 g/mol. The standard InChI is InChI=1S/C15H28O/c1-5-16-9-13-7-12-8-14(10(2)3)15(13)6-11(12)4/h10-15H,5-9H2,1-4H3/t11-,12-,13-,14+,15-/m0/s1. The third-order valence-corrected chi connectivity index (χ3v) is 5.18. The molecule has 0 aromatic heterocycles. The summed E-state index contributed by atoms with van der Waals surface area (Å²) in [7, 11) is 0. The number of hydrogen-bond donors (Lipinski definition) is 0. The maximum atomic E-state index is 5.69. The first-order chi connectivity index (χ1) is 7.63. The van der Waals surface area contributed by atoms with Crippen LogP contribution in [-0.4, -0.2) is 13.2 Å². The van der Waals surface area contributed by atoms with Crippen molar-refractivity contribution in [2.45, 2.75) is 47.0 Å². The van der Waals surface area contributed by atoms with E-state index in [1.165, 1.54) is 19.3 Å². The lowest BCUT2D eigenvalue weighted by molar-refractivity contribution is -0.0560. The Morgan fingerprint density at radius 2 is 1.94 bits per heavy atom. The normalized spacial score (nSPS) is 42.9. The van der Waals surface area contributed by atoms with Crippen LogP contribution in [-0.2, 0) is 4.74 Å². The van der Waals surface area contributed by atoms with Crippen LogP contribution in [0.2, 0.25) is 0 Å². The van der Waals surface area contributed by atoms with Gasteiger partial charge >= 0.3 is 0 Å². The zero-order chi connectivity index (χ0) is 11.7. The molecule has 0 aromatic rings. The van der Waals surface area contributed by atoms with E-state index in [0.29, 0.717) is 0 Å². The molecule has 3 rings (SSSR count). The number of fused-ring (bicyclic) bond motifs is 3. The van der Waals surface area contributed by atoms with Crippen molar-refractivity contribution >= 4 is 0 Å². The average molecular weight is 224 g/mol. The third-order valence-electron chi connectivity index (χ3n) is 5.18. The van der Waals surface area contributed by atoms with Gasteiger partial charge < -0.3 is 4.74 Å². The molecule has 1 nitrogen and oxygen atoms in total. The van der Waals surface area contributed by atoms with E-state index < -0.39 is 0 Å². The second kappa shape index (κ2) is 5.08. The molecule has 0 amide bonds. The fourth-order valence-electron chi connectivity index (χ4n) is 4.21. The summed E-state index contributed by atoms with van der Waals surface area (Å²) in [5.41, 5.74) is 0. The Hall–Kier alpha value is -0.0400. The summed E-state index contributed by atoms with van der Waals surface area (Å²) in [6.07, 6.45) is 4.40. The lowest BCUT2D eigenvalue weighted by atomic mass is 9.54. The SMILES string of the molecule is CCOC[C@@H]1C[C@H]2C[C@H](C(C)C)[C@H]1C[C@@H]2C. The zero-order valence-electron chi connectivity index (χ0n) is 11.4. The van der Waals surface area contributed by atoms with Gasteiger partial charge in [-0.1, -0.05) is 20.8 Å². The smallest absolute Gasteiger partial charge is 0.0496 e. The molecule has 0 aromatic carbocycles. The Labute approximate surface area is 101 Å². The van der Waals surface area contributed by atoms with Gasteiger partial charge in [-0.15, -0.1) is 0 Å². The molecule has 5 atom stereocenters. The van der Waals surface area contributed by atoms with Crippen LogP contribution in [0.1, 0.15) is 47.0 Å². The molecule has 3 aliphatic rings. The maximum Gasteiger partial charge on any atom is 0.0496 e. The molecule has 0 aliphatic heterocycles. The van der Waals surface area contributed by atoms with E-state index in [0.717, 1.165) is 48.7 Å². The van der Waals surface area contributed by atoms with Gasteiger partial charge in [-0.2, -0.15) is 0 Å². The molecule has 0 unspecified atom stereocenters. The Morgan fingerprint density at radius 3 is 2.50 bits per heavy atom. The van der Waals surface area contributed by atoms with Crippen molar-refractivity contribution in [2.75, 3.05) is 13.2 Å². The highest BCUT2D eigenvalue weighted by molar-refractivity contribution is 4.95. The fourth-order valence-corrected chi connectivity index (χ4v) is 4.21. The molecule has 2 bridgehead atoms. The lowest BCUT2D eigenvalue weighted by Gasteiger charge is -2.52. The van der Waals surface area contributed by atoms with Crippen LogP contribution in [0.3, 0.4) is 0 Å². The first-order valence-electron chi connectivity index (χ1n) is 7.21. The molecule has 0 heterocycles. The molecule has 94 valence electrons. The van der Waals surface area contributed by atoms with Crippen molar-refractivity contribution in [2.24, 2.45) is 35.5 Å². The Balaban J connectivity index is 2.02. The molecule has 0 saturated heterocycles. The van der Waals surface area contributed by atoms with E-state index >= 15 is 0 Å². The number of hydrogen-bond acceptors (Lipinski definition) is 1. The van der Waals surface area contributed by atoms with Crippen molar-refractivity contribution < 1.29 is 4.74 Å². The van der Waals surface area contributed by atoms with Crippen molar-refractivity contribution in [1.29, 1.82) is 0 Å². The molecule has 1 heteroatoms. The molecule has 3 fully saturated rings. The van der Waals surface area contributed by atoms with Crippen LogP contribution >= 0.6 is 0 Å². The Morgan fingerprint density at radius 1 is 1.19 bits per heavy atom. The van der Waals surface area contributed by atoms with E-state index in [1.54, 1.807) is 0 Å². The lowest BCUT2D eigenvalue weighted by Crippen LogP contribution is -2.45. The van der Waals surface area contributed by atoms with E-state index in [2.05, 4.69) is 27.7 Å². The summed E-state index contributed by atoms with van der Waals surface area (Å²) in [4.78, 5) is 0. The largest absolute Gasteiger partial charge is 0.381 e. The first kappa shape index (κ1) is 12.4. The molecular formula is C15H28O. The van der Waals surface area contributed by atoms with Crippen molar-refractivity contribution in [3.63, 3.8) is 0 Å². The van der Waals surface area contributed by atoms with Gasteiger partial charge in [0.25, 0.3) is 0 Å². The number of ether oxygens (including phenoxy) is 1.